The lowest BCUT2D eigenvalue weighted by atomic mass is 9.46. The molecule has 4 nitrogen and oxygen atoms in total. The van der Waals surface area contributed by atoms with Gasteiger partial charge in [0.05, 0.1) is 6.10 Å². The Morgan fingerprint density at radius 3 is 2.64 bits per heavy atom. The van der Waals surface area contributed by atoms with Gasteiger partial charge in [0.1, 0.15) is 11.9 Å². The molecule has 0 radical (unpaired) electrons. The van der Waals surface area contributed by atoms with E-state index >= 15 is 0 Å². The van der Waals surface area contributed by atoms with Gasteiger partial charge in [-0.2, -0.15) is 0 Å². The molecule has 3 fully saturated rings. The Balaban J connectivity index is 1.71. The van der Waals surface area contributed by atoms with Gasteiger partial charge in [0.2, 0.25) is 0 Å². The number of allylic oxidation sites excluding steroid dienone is 1. The molecule has 0 amide bonds. The van der Waals surface area contributed by atoms with Crippen molar-refractivity contribution in [2.45, 2.75) is 71.5 Å². The van der Waals surface area contributed by atoms with E-state index in [1.54, 1.807) is 13.0 Å². The number of fused-ring (bicyclic) bond motifs is 5. The van der Waals surface area contributed by atoms with Gasteiger partial charge in [-0.3, -0.25) is 9.59 Å². The molecule has 8 atom stereocenters. The van der Waals surface area contributed by atoms with Gasteiger partial charge in [-0.15, -0.1) is 0 Å². The summed E-state index contributed by atoms with van der Waals surface area (Å²) >= 11 is 0. The minimum absolute atomic E-state index is 0.0308. The van der Waals surface area contributed by atoms with Crippen molar-refractivity contribution >= 4 is 11.6 Å². The molecule has 0 aliphatic heterocycles. The molecule has 4 aliphatic carbocycles. The zero-order valence-electron chi connectivity index (χ0n) is 15.5. The number of rotatable bonds is 1. The number of aliphatic hydroxyl groups is 2. The molecule has 0 saturated heterocycles. The third kappa shape index (κ3) is 2.26. The predicted octanol–water partition coefficient (Wildman–Crippen LogP) is 2.67. The molecular weight excluding hydrogens is 316 g/mol. The fraction of sp³-hybridized carbons (Fsp3) is 0.810. The van der Waals surface area contributed by atoms with Crippen LogP contribution in [0.1, 0.15) is 59.3 Å². The third-order valence-electron chi connectivity index (χ3n) is 8.47. The maximum atomic E-state index is 12.2. The second kappa shape index (κ2) is 5.50. The van der Waals surface area contributed by atoms with Gasteiger partial charge < -0.3 is 10.2 Å². The Kier molecular flexibility index (Phi) is 3.83. The Bertz CT molecular complexity index is 652. The van der Waals surface area contributed by atoms with Crippen LogP contribution in [0.3, 0.4) is 0 Å². The normalized spacial score (nSPS) is 52.0. The standard InChI is InChI=1S/C21H30O4/c1-11(22)15-9-17(24)19-13-5-4-12-8-16(23)18(25)10-21(12,3)14(13)6-7-20(15,19)2/h8,13-15,17-19,24-25H,4-7,9-10H2,1-3H3/t13-,14+,15-,17-,18+,19-,20-,21+/m1/s1. The molecule has 4 rings (SSSR count). The molecule has 4 aliphatic rings. The minimum Gasteiger partial charge on any atom is -0.393 e. The van der Waals surface area contributed by atoms with Gasteiger partial charge in [0, 0.05) is 5.92 Å². The molecular formula is C21H30O4. The van der Waals surface area contributed by atoms with Gasteiger partial charge >= 0.3 is 0 Å². The van der Waals surface area contributed by atoms with E-state index in [2.05, 4.69) is 13.8 Å². The van der Waals surface area contributed by atoms with Crippen LogP contribution in [0.2, 0.25) is 0 Å². The zero-order chi connectivity index (χ0) is 18.1. The van der Waals surface area contributed by atoms with Crippen LogP contribution < -0.4 is 0 Å². The third-order valence-corrected chi connectivity index (χ3v) is 8.47. The smallest absolute Gasteiger partial charge is 0.184 e. The quantitative estimate of drug-likeness (QED) is 0.765. The summed E-state index contributed by atoms with van der Waals surface area (Å²) in [6, 6.07) is 0. The second-order valence-corrected chi connectivity index (χ2v) is 9.55. The van der Waals surface area contributed by atoms with Crippen molar-refractivity contribution in [3.05, 3.63) is 11.6 Å². The number of aliphatic hydroxyl groups excluding tert-OH is 2. The van der Waals surface area contributed by atoms with Crippen LogP contribution >= 0.6 is 0 Å². The summed E-state index contributed by atoms with van der Waals surface area (Å²) in [5.41, 5.74) is 0.946. The van der Waals surface area contributed by atoms with Crippen molar-refractivity contribution < 1.29 is 19.8 Å². The summed E-state index contributed by atoms with van der Waals surface area (Å²) in [7, 11) is 0. The highest BCUT2D eigenvalue weighted by atomic mass is 16.3. The number of hydrogen-bond acceptors (Lipinski definition) is 4. The first-order chi connectivity index (χ1) is 11.7. The number of Topliss-reactive ketones (excluding diaryl/α,β-unsaturated/α-hetero) is 1. The van der Waals surface area contributed by atoms with Crippen LogP contribution in [-0.4, -0.2) is 34.0 Å². The Hall–Kier alpha value is -1.00. The van der Waals surface area contributed by atoms with E-state index in [9.17, 15) is 19.8 Å². The van der Waals surface area contributed by atoms with Crippen molar-refractivity contribution in [1.82, 2.24) is 0 Å². The van der Waals surface area contributed by atoms with E-state index in [0.29, 0.717) is 24.7 Å². The maximum absolute atomic E-state index is 12.2. The van der Waals surface area contributed by atoms with Crippen LogP contribution in [0.4, 0.5) is 0 Å². The fourth-order valence-corrected chi connectivity index (χ4v) is 7.31. The summed E-state index contributed by atoms with van der Waals surface area (Å²) in [6.45, 7) is 6.09. The monoisotopic (exact) mass is 346 g/mol. The van der Waals surface area contributed by atoms with Gasteiger partial charge in [-0.25, -0.2) is 0 Å². The SMILES string of the molecule is CC(=O)[C@H]1C[C@@H](O)[C@H]2[C@@H]3CCC4=CC(=O)[C@@H](O)C[C@]4(C)[C@H]3CC[C@@]21C. The molecule has 0 aromatic rings. The highest BCUT2D eigenvalue weighted by molar-refractivity contribution is 5.95. The molecule has 0 heterocycles. The van der Waals surface area contributed by atoms with Gasteiger partial charge in [0.25, 0.3) is 0 Å². The highest BCUT2D eigenvalue weighted by Crippen LogP contribution is 2.66. The van der Waals surface area contributed by atoms with Crippen molar-refractivity contribution in [2.24, 2.45) is 34.5 Å². The van der Waals surface area contributed by atoms with Crippen LogP contribution in [0, 0.1) is 34.5 Å². The number of hydrogen-bond donors (Lipinski definition) is 2. The first-order valence-corrected chi connectivity index (χ1v) is 9.80. The Morgan fingerprint density at radius 1 is 1.24 bits per heavy atom. The van der Waals surface area contributed by atoms with E-state index in [4.69, 9.17) is 0 Å². The fourth-order valence-electron chi connectivity index (χ4n) is 7.31. The van der Waals surface area contributed by atoms with E-state index in [1.165, 1.54) is 5.57 Å². The van der Waals surface area contributed by atoms with E-state index in [0.717, 1.165) is 25.7 Å². The molecule has 138 valence electrons. The van der Waals surface area contributed by atoms with Crippen molar-refractivity contribution in [2.75, 3.05) is 0 Å². The second-order valence-electron chi connectivity index (χ2n) is 9.55. The number of ketones is 2. The number of carbonyl (C=O) groups is 2. The molecule has 2 N–H and O–H groups in total. The average Bonchev–Trinajstić information content (AvgIpc) is 2.80. The lowest BCUT2D eigenvalue weighted by Gasteiger charge is -2.58. The van der Waals surface area contributed by atoms with Crippen LogP contribution in [0.25, 0.3) is 0 Å². The molecule has 0 spiro atoms. The van der Waals surface area contributed by atoms with E-state index < -0.39 is 12.2 Å². The molecule has 0 unspecified atom stereocenters. The molecule has 0 aromatic carbocycles. The van der Waals surface area contributed by atoms with Gasteiger partial charge in [0.15, 0.2) is 5.78 Å². The van der Waals surface area contributed by atoms with E-state index in [1.807, 2.05) is 0 Å². The molecule has 4 heteroatoms. The Morgan fingerprint density at radius 2 is 1.96 bits per heavy atom. The lowest BCUT2D eigenvalue weighted by molar-refractivity contribution is -0.133. The Labute approximate surface area is 149 Å². The minimum atomic E-state index is -0.890. The van der Waals surface area contributed by atoms with Crippen molar-refractivity contribution in [3.63, 3.8) is 0 Å². The van der Waals surface area contributed by atoms with Gasteiger partial charge in [-0.05, 0) is 80.1 Å². The molecule has 25 heavy (non-hydrogen) atoms. The predicted molar refractivity (Wildman–Crippen MR) is 93.7 cm³/mol. The largest absolute Gasteiger partial charge is 0.393 e. The first kappa shape index (κ1) is 17.4. The summed E-state index contributed by atoms with van der Waals surface area (Å²) < 4.78 is 0. The van der Waals surface area contributed by atoms with Crippen molar-refractivity contribution in [3.8, 4) is 0 Å². The number of carbonyl (C=O) groups excluding carboxylic acids is 2. The topological polar surface area (TPSA) is 74.6 Å². The molecule has 3 saturated carbocycles. The van der Waals surface area contributed by atoms with E-state index in [-0.39, 0.29) is 34.2 Å². The van der Waals surface area contributed by atoms with Crippen molar-refractivity contribution in [1.29, 1.82) is 0 Å². The summed E-state index contributed by atoms with van der Waals surface area (Å²) in [5.74, 6) is 0.951. The van der Waals surface area contributed by atoms with Crippen LogP contribution in [0.5, 0.6) is 0 Å². The summed E-state index contributed by atoms with van der Waals surface area (Å²) in [5, 5.41) is 21.0. The molecule has 0 aromatic heterocycles. The summed E-state index contributed by atoms with van der Waals surface area (Å²) in [6.07, 6.45) is 5.33. The first-order valence-electron chi connectivity index (χ1n) is 9.80. The maximum Gasteiger partial charge on any atom is 0.184 e. The summed E-state index contributed by atoms with van der Waals surface area (Å²) in [4.78, 5) is 24.1. The van der Waals surface area contributed by atoms with Crippen LogP contribution in [0.15, 0.2) is 11.6 Å². The molecule has 0 bridgehead atoms. The highest BCUT2D eigenvalue weighted by Gasteiger charge is 2.63. The lowest BCUT2D eigenvalue weighted by Crippen LogP contribution is -2.54. The van der Waals surface area contributed by atoms with Crippen LogP contribution in [-0.2, 0) is 9.59 Å². The average molecular weight is 346 g/mol. The van der Waals surface area contributed by atoms with Gasteiger partial charge in [-0.1, -0.05) is 19.4 Å². The zero-order valence-corrected chi connectivity index (χ0v) is 15.5.